The van der Waals surface area contributed by atoms with Gasteiger partial charge in [0.1, 0.15) is 12.6 Å². The van der Waals surface area contributed by atoms with Crippen LogP contribution >= 0.6 is 0 Å². The first-order valence-electron chi connectivity index (χ1n) is 12.7. The van der Waals surface area contributed by atoms with Gasteiger partial charge in [-0.2, -0.15) is 0 Å². The van der Waals surface area contributed by atoms with Crippen LogP contribution in [0, 0.1) is 0 Å². The Morgan fingerprint density at radius 3 is 1.87 bits per heavy atom. The summed E-state index contributed by atoms with van der Waals surface area (Å²) in [5, 5.41) is 15.0. The normalized spacial score (nSPS) is 12.6. The molecule has 4 aromatic rings. The highest BCUT2D eigenvalue weighted by Crippen LogP contribution is 2.44. The second-order valence-electron chi connectivity index (χ2n) is 9.52. The van der Waals surface area contributed by atoms with Gasteiger partial charge in [-0.15, -0.1) is 0 Å². The minimum absolute atomic E-state index is 0.105. The maximum atomic E-state index is 12.6. The van der Waals surface area contributed by atoms with E-state index in [0.29, 0.717) is 5.69 Å². The van der Waals surface area contributed by atoms with Crippen LogP contribution in [0.1, 0.15) is 29.5 Å². The van der Waals surface area contributed by atoms with Gasteiger partial charge < -0.3 is 20.5 Å². The monoisotopic (exact) mass is 520 g/mol. The summed E-state index contributed by atoms with van der Waals surface area (Å²) in [6.45, 7) is 1.57. The average Bonchev–Trinajstić information content (AvgIpc) is 3.26. The van der Waals surface area contributed by atoms with Crippen LogP contribution in [0.15, 0.2) is 97.1 Å². The zero-order valence-corrected chi connectivity index (χ0v) is 21.4. The first kappa shape index (κ1) is 25.7. The van der Waals surface area contributed by atoms with E-state index in [4.69, 9.17) is 4.74 Å². The van der Waals surface area contributed by atoms with Crippen LogP contribution in [0.4, 0.5) is 10.5 Å². The first-order chi connectivity index (χ1) is 18.9. The number of carboxylic acids is 1. The minimum atomic E-state index is -1.14. The molecule has 4 aromatic carbocycles. The van der Waals surface area contributed by atoms with Gasteiger partial charge in [-0.1, -0.05) is 84.9 Å². The fraction of sp³-hybridized carbons (Fsp3) is 0.156. The molecule has 1 atom stereocenters. The number of nitrogens with one attached hydrogen (secondary N) is 2. The van der Waals surface area contributed by atoms with Crippen molar-refractivity contribution in [2.75, 3.05) is 11.9 Å². The molecule has 1 aliphatic rings. The van der Waals surface area contributed by atoms with Gasteiger partial charge in [0.2, 0.25) is 5.91 Å². The number of fused-ring (bicyclic) bond motifs is 3. The molecule has 0 aromatic heterocycles. The quantitative estimate of drug-likeness (QED) is 0.271. The summed E-state index contributed by atoms with van der Waals surface area (Å²) < 4.78 is 5.53. The molecule has 196 valence electrons. The van der Waals surface area contributed by atoms with Crippen LogP contribution in [-0.2, 0) is 20.7 Å². The number of benzene rings is 4. The van der Waals surface area contributed by atoms with E-state index in [1.54, 1.807) is 0 Å². The predicted molar refractivity (Wildman–Crippen MR) is 150 cm³/mol. The van der Waals surface area contributed by atoms with Crippen LogP contribution in [0.5, 0.6) is 0 Å². The summed E-state index contributed by atoms with van der Waals surface area (Å²) in [4.78, 5) is 35.8. The number of carbonyl (C=O) groups is 3. The topological polar surface area (TPSA) is 105 Å². The molecular formula is C32H28N2O5. The van der Waals surface area contributed by atoms with E-state index in [0.717, 1.165) is 38.9 Å². The van der Waals surface area contributed by atoms with Gasteiger partial charge in [-0.05, 0) is 51.1 Å². The van der Waals surface area contributed by atoms with Crippen LogP contribution in [0.25, 0.3) is 22.3 Å². The minimum Gasteiger partial charge on any atom is -0.480 e. The Bertz CT molecular complexity index is 1470. The fourth-order valence-electron chi connectivity index (χ4n) is 5.00. The molecule has 7 heteroatoms. The second kappa shape index (κ2) is 11.2. The van der Waals surface area contributed by atoms with Crippen LogP contribution in [0.2, 0.25) is 0 Å². The highest BCUT2D eigenvalue weighted by Gasteiger charge is 2.29. The molecule has 0 saturated heterocycles. The average molecular weight is 521 g/mol. The van der Waals surface area contributed by atoms with E-state index in [9.17, 15) is 19.5 Å². The number of alkyl carbamates (subject to hydrolysis) is 1. The smallest absolute Gasteiger partial charge is 0.407 e. The highest BCUT2D eigenvalue weighted by molar-refractivity contribution is 5.89. The Balaban J connectivity index is 1.20. The third kappa shape index (κ3) is 5.83. The Labute approximate surface area is 226 Å². The number of aliphatic carboxylic acids is 1. The van der Waals surface area contributed by atoms with Gasteiger partial charge in [0, 0.05) is 24.9 Å². The maximum Gasteiger partial charge on any atom is 0.407 e. The summed E-state index contributed by atoms with van der Waals surface area (Å²) in [5.74, 6) is -1.38. The van der Waals surface area contributed by atoms with E-state index in [-0.39, 0.29) is 24.9 Å². The lowest BCUT2D eigenvalue weighted by Crippen LogP contribution is -2.42. The Morgan fingerprint density at radius 1 is 0.795 bits per heavy atom. The zero-order valence-electron chi connectivity index (χ0n) is 21.4. The molecule has 0 heterocycles. The third-order valence-corrected chi connectivity index (χ3v) is 6.87. The fourth-order valence-corrected chi connectivity index (χ4v) is 5.00. The molecular weight excluding hydrogens is 492 g/mol. The van der Waals surface area contributed by atoms with Crippen molar-refractivity contribution < 1.29 is 24.2 Å². The number of carbonyl (C=O) groups excluding carboxylic acids is 2. The van der Waals surface area contributed by atoms with Gasteiger partial charge in [-0.3, -0.25) is 4.79 Å². The van der Waals surface area contributed by atoms with Crippen molar-refractivity contribution in [1.82, 2.24) is 5.32 Å². The van der Waals surface area contributed by atoms with Crippen molar-refractivity contribution in [3.05, 3.63) is 114 Å². The van der Waals surface area contributed by atoms with E-state index in [1.807, 2.05) is 84.9 Å². The molecule has 0 unspecified atom stereocenters. The van der Waals surface area contributed by atoms with Crippen LogP contribution < -0.4 is 10.6 Å². The summed E-state index contributed by atoms with van der Waals surface area (Å²) >= 11 is 0. The lowest BCUT2D eigenvalue weighted by molar-refractivity contribution is -0.139. The van der Waals surface area contributed by atoms with Gasteiger partial charge >= 0.3 is 12.1 Å². The molecule has 0 radical (unpaired) electrons. The van der Waals surface area contributed by atoms with E-state index in [2.05, 4.69) is 22.8 Å². The van der Waals surface area contributed by atoms with Crippen molar-refractivity contribution in [1.29, 1.82) is 0 Å². The number of hydrogen-bond donors (Lipinski definition) is 3. The highest BCUT2D eigenvalue weighted by atomic mass is 16.5. The molecule has 3 N–H and O–H groups in total. The van der Waals surface area contributed by atoms with E-state index >= 15 is 0 Å². The second-order valence-corrected chi connectivity index (χ2v) is 9.52. The Kier molecular flexibility index (Phi) is 7.41. The lowest BCUT2D eigenvalue weighted by atomic mass is 9.98. The first-order valence-corrected chi connectivity index (χ1v) is 12.7. The van der Waals surface area contributed by atoms with E-state index in [1.165, 1.54) is 6.92 Å². The number of amides is 2. The zero-order chi connectivity index (χ0) is 27.4. The number of carboxylic acid groups (broad SMARTS) is 1. The molecule has 0 aliphatic heterocycles. The van der Waals surface area contributed by atoms with Crippen molar-refractivity contribution >= 4 is 23.7 Å². The van der Waals surface area contributed by atoms with Crippen LogP contribution in [0.3, 0.4) is 0 Å². The molecule has 7 nitrogen and oxygen atoms in total. The van der Waals surface area contributed by atoms with Crippen molar-refractivity contribution in [2.45, 2.75) is 25.3 Å². The third-order valence-electron chi connectivity index (χ3n) is 6.87. The summed E-state index contributed by atoms with van der Waals surface area (Å²) in [7, 11) is 0. The lowest BCUT2D eigenvalue weighted by Gasteiger charge is -2.17. The predicted octanol–water partition coefficient (Wildman–Crippen LogP) is 5.85. The molecule has 39 heavy (non-hydrogen) atoms. The largest absolute Gasteiger partial charge is 0.480 e. The van der Waals surface area contributed by atoms with Crippen LogP contribution in [-0.4, -0.2) is 35.7 Å². The molecule has 0 bridgehead atoms. The van der Waals surface area contributed by atoms with Crippen molar-refractivity contribution in [2.24, 2.45) is 0 Å². The molecule has 0 fully saturated rings. The molecule has 0 saturated carbocycles. The summed E-state index contributed by atoms with van der Waals surface area (Å²) in [5.41, 5.74) is 7.81. The standard InChI is InChI=1S/C32H28N2O5/c1-20(35)33-24-16-14-23(15-17-24)22-12-10-21(11-13-22)18-30(31(36)37)34-32(38)39-19-29-27-8-4-2-6-25(27)26-7-3-5-9-28(26)29/h2-17,29-30H,18-19H2,1H3,(H,33,35)(H,34,38)(H,36,37)/t30-/m0/s1. The molecule has 5 rings (SSSR count). The number of rotatable bonds is 8. The van der Waals surface area contributed by atoms with Crippen molar-refractivity contribution in [3.63, 3.8) is 0 Å². The van der Waals surface area contributed by atoms with Gasteiger partial charge in [0.05, 0.1) is 0 Å². The SMILES string of the molecule is CC(=O)Nc1ccc(-c2ccc(C[C@H](NC(=O)OCC3c4ccccc4-c4ccccc43)C(=O)O)cc2)cc1. The molecule has 0 spiro atoms. The van der Waals surface area contributed by atoms with E-state index < -0.39 is 18.1 Å². The number of anilines is 1. The van der Waals surface area contributed by atoms with Gasteiger partial charge in [-0.25, -0.2) is 9.59 Å². The van der Waals surface area contributed by atoms with Gasteiger partial charge in [0.15, 0.2) is 0 Å². The summed E-state index contributed by atoms with van der Waals surface area (Å²) in [6.07, 6.45) is -0.651. The maximum absolute atomic E-state index is 12.6. The molecule has 1 aliphatic carbocycles. The Hall–Kier alpha value is -4.91. The summed E-state index contributed by atoms with van der Waals surface area (Å²) in [6, 6.07) is 29.9. The van der Waals surface area contributed by atoms with Gasteiger partial charge in [0.25, 0.3) is 0 Å². The molecule has 2 amide bonds. The Morgan fingerprint density at radius 2 is 1.33 bits per heavy atom. The number of hydrogen-bond acceptors (Lipinski definition) is 4. The number of ether oxygens (including phenoxy) is 1. The van der Waals surface area contributed by atoms with Crippen molar-refractivity contribution in [3.8, 4) is 22.3 Å².